The monoisotopic (exact) mass is 429 g/mol. The molecule has 7 heteroatoms. The number of hydrogen-bond donors (Lipinski definition) is 1. The maximum absolute atomic E-state index is 12.6. The number of esters is 1. The van der Waals surface area contributed by atoms with Crippen molar-refractivity contribution < 1.29 is 14.3 Å². The van der Waals surface area contributed by atoms with Crippen LogP contribution < -0.4 is 10.2 Å². The maximum atomic E-state index is 12.6. The van der Waals surface area contributed by atoms with E-state index in [-0.39, 0.29) is 17.9 Å². The molecule has 1 aliphatic rings. The lowest BCUT2D eigenvalue weighted by Crippen LogP contribution is -2.53. The fourth-order valence-electron chi connectivity index (χ4n) is 3.83. The second kappa shape index (κ2) is 9.49. The van der Waals surface area contributed by atoms with E-state index in [2.05, 4.69) is 22.0 Å². The highest BCUT2D eigenvalue weighted by Gasteiger charge is 2.26. The molecular formula is C23H28ClN3O3. The molecule has 1 amide bonds. The zero-order valence-corrected chi connectivity index (χ0v) is 18.6. The molecule has 30 heavy (non-hydrogen) atoms. The van der Waals surface area contributed by atoms with Crippen LogP contribution in [0.4, 0.5) is 11.4 Å². The van der Waals surface area contributed by atoms with Gasteiger partial charge in [0.05, 0.1) is 29.9 Å². The normalized spacial score (nSPS) is 17.0. The predicted molar refractivity (Wildman–Crippen MR) is 121 cm³/mol. The molecule has 0 spiro atoms. The Morgan fingerprint density at radius 3 is 2.47 bits per heavy atom. The number of hydrogen-bond acceptors (Lipinski definition) is 5. The number of ether oxygens (including phenoxy) is 1. The number of aryl methyl sites for hydroxylation is 2. The molecule has 0 bridgehead atoms. The van der Waals surface area contributed by atoms with Gasteiger partial charge in [-0.05, 0) is 62.2 Å². The van der Waals surface area contributed by atoms with Crippen LogP contribution in [0.2, 0.25) is 5.02 Å². The number of piperazine rings is 1. The first-order valence-electron chi connectivity index (χ1n) is 10.0. The van der Waals surface area contributed by atoms with Gasteiger partial charge < -0.3 is 15.0 Å². The number of nitrogens with one attached hydrogen (secondary N) is 1. The molecule has 160 valence electrons. The average Bonchev–Trinajstić information content (AvgIpc) is 2.71. The van der Waals surface area contributed by atoms with E-state index in [0.717, 1.165) is 36.4 Å². The Morgan fingerprint density at radius 1 is 1.17 bits per heavy atom. The van der Waals surface area contributed by atoms with Crippen molar-refractivity contribution in [2.24, 2.45) is 0 Å². The molecule has 1 fully saturated rings. The van der Waals surface area contributed by atoms with Crippen molar-refractivity contribution in [2.75, 3.05) is 43.5 Å². The van der Waals surface area contributed by atoms with Gasteiger partial charge in [0.25, 0.3) is 0 Å². The molecular weight excluding hydrogens is 402 g/mol. The first-order valence-corrected chi connectivity index (χ1v) is 10.4. The van der Waals surface area contributed by atoms with Crippen molar-refractivity contribution >= 4 is 34.9 Å². The topological polar surface area (TPSA) is 61.9 Å². The van der Waals surface area contributed by atoms with Crippen molar-refractivity contribution in [3.8, 4) is 0 Å². The summed E-state index contributed by atoms with van der Waals surface area (Å²) in [6.07, 6.45) is 0. The number of carbonyl (C=O) groups is 2. The molecule has 1 atom stereocenters. The molecule has 1 saturated heterocycles. The SMILES string of the molecule is COC(=O)c1ccc(N2CCN(CC(=O)Nc3c(C)cc(C)cc3Cl)C(C)C2)cc1. The van der Waals surface area contributed by atoms with Gasteiger partial charge in [0.1, 0.15) is 0 Å². The van der Waals surface area contributed by atoms with Crippen LogP contribution >= 0.6 is 11.6 Å². The third kappa shape index (κ3) is 5.12. The van der Waals surface area contributed by atoms with Gasteiger partial charge in [0.15, 0.2) is 0 Å². The number of methoxy groups -OCH3 is 1. The highest BCUT2D eigenvalue weighted by molar-refractivity contribution is 6.34. The Morgan fingerprint density at radius 2 is 1.87 bits per heavy atom. The van der Waals surface area contributed by atoms with Crippen molar-refractivity contribution in [2.45, 2.75) is 26.8 Å². The second-order valence-electron chi connectivity index (χ2n) is 7.79. The Bertz CT molecular complexity index is 907. The van der Waals surface area contributed by atoms with E-state index >= 15 is 0 Å². The minimum atomic E-state index is -0.338. The smallest absolute Gasteiger partial charge is 0.337 e. The Hall–Kier alpha value is -2.57. The van der Waals surface area contributed by atoms with Gasteiger partial charge in [0.2, 0.25) is 5.91 Å². The van der Waals surface area contributed by atoms with Crippen molar-refractivity contribution in [3.63, 3.8) is 0 Å². The molecule has 1 heterocycles. The van der Waals surface area contributed by atoms with Crippen molar-refractivity contribution in [1.82, 2.24) is 4.90 Å². The molecule has 1 unspecified atom stereocenters. The maximum Gasteiger partial charge on any atom is 0.337 e. The Kier molecular flexibility index (Phi) is 7.00. The number of halogens is 1. The summed E-state index contributed by atoms with van der Waals surface area (Å²) in [7, 11) is 1.38. The van der Waals surface area contributed by atoms with Crippen LogP contribution in [-0.4, -0.2) is 56.1 Å². The summed E-state index contributed by atoms with van der Waals surface area (Å²) >= 11 is 6.31. The van der Waals surface area contributed by atoms with E-state index in [0.29, 0.717) is 22.8 Å². The zero-order valence-electron chi connectivity index (χ0n) is 17.9. The molecule has 6 nitrogen and oxygen atoms in total. The number of benzene rings is 2. The number of rotatable bonds is 5. The largest absolute Gasteiger partial charge is 0.465 e. The summed E-state index contributed by atoms with van der Waals surface area (Å²) in [6, 6.07) is 11.5. The number of anilines is 2. The molecule has 2 aromatic carbocycles. The van der Waals surface area contributed by atoms with Gasteiger partial charge in [-0.25, -0.2) is 4.79 Å². The van der Waals surface area contributed by atoms with Crippen LogP contribution in [-0.2, 0) is 9.53 Å². The number of amides is 1. The third-order valence-corrected chi connectivity index (χ3v) is 5.76. The highest BCUT2D eigenvalue weighted by atomic mass is 35.5. The summed E-state index contributed by atoms with van der Waals surface area (Å²) in [5.74, 6) is -0.402. The van der Waals surface area contributed by atoms with E-state index in [1.54, 1.807) is 12.1 Å². The third-order valence-electron chi connectivity index (χ3n) is 5.46. The standard InChI is InChI=1S/C23H28ClN3O3/c1-15-11-16(2)22(20(24)12-15)25-21(28)14-26-9-10-27(13-17(26)3)19-7-5-18(6-8-19)23(29)30-4/h5-8,11-12,17H,9-10,13-14H2,1-4H3,(H,25,28). The van der Waals surface area contributed by atoms with E-state index in [1.165, 1.54) is 7.11 Å². The molecule has 2 aromatic rings. The van der Waals surface area contributed by atoms with Crippen LogP contribution in [0.15, 0.2) is 36.4 Å². The van der Waals surface area contributed by atoms with Crippen LogP contribution in [0.5, 0.6) is 0 Å². The van der Waals surface area contributed by atoms with Gasteiger partial charge in [-0.3, -0.25) is 9.69 Å². The van der Waals surface area contributed by atoms with Crippen LogP contribution in [0.3, 0.4) is 0 Å². The average molecular weight is 430 g/mol. The zero-order chi connectivity index (χ0) is 21.8. The number of nitrogens with zero attached hydrogens (tertiary/aromatic N) is 2. The van der Waals surface area contributed by atoms with E-state index in [1.807, 2.05) is 38.1 Å². The Labute approximate surface area is 182 Å². The van der Waals surface area contributed by atoms with Gasteiger partial charge in [0, 0.05) is 31.4 Å². The fraction of sp³-hybridized carbons (Fsp3) is 0.391. The first kappa shape index (κ1) is 22.1. The van der Waals surface area contributed by atoms with Crippen LogP contribution in [0, 0.1) is 13.8 Å². The summed E-state index contributed by atoms with van der Waals surface area (Å²) in [4.78, 5) is 28.7. The van der Waals surface area contributed by atoms with Gasteiger partial charge in [-0.15, -0.1) is 0 Å². The molecule has 1 aliphatic heterocycles. The lowest BCUT2D eigenvalue weighted by atomic mass is 10.1. The minimum Gasteiger partial charge on any atom is -0.465 e. The van der Waals surface area contributed by atoms with Crippen LogP contribution in [0.1, 0.15) is 28.4 Å². The minimum absolute atomic E-state index is 0.0633. The molecule has 3 rings (SSSR count). The summed E-state index contributed by atoms with van der Waals surface area (Å²) in [5.41, 5.74) is 4.31. The molecule has 0 aliphatic carbocycles. The molecule has 0 aromatic heterocycles. The number of carbonyl (C=O) groups excluding carboxylic acids is 2. The predicted octanol–water partition coefficient (Wildman–Crippen LogP) is 3.89. The second-order valence-corrected chi connectivity index (χ2v) is 8.20. The van der Waals surface area contributed by atoms with Gasteiger partial charge in [-0.1, -0.05) is 17.7 Å². The van der Waals surface area contributed by atoms with Crippen LogP contribution in [0.25, 0.3) is 0 Å². The summed E-state index contributed by atoms with van der Waals surface area (Å²) in [6.45, 7) is 8.74. The summed E-state index contributed by atoms with van der Waals surface area (Å²) in [5, 5.41) is 3.53. The van der Waals surface area contributed by atoms with E-state index < -0.39 is 0 Å². The molecule has 1 N–H and O–H groups in total. The fourth-order valence-corrected chi connectivity index (χ4v) is 4.20. The van der Waals surface area contributed by atoms with Gasteiger partial charge in [-0.2, -0.15) is 0 Å². The van der Waals surface area contributed by atoms with E-state index in [9.17, 15) is 9.59 Å². The van der Waals surface area contributed by atoms with Crippen molar-refractivity contribution in [1.29, 1.82) is 0 Å². The van der Waals surface area contributed by atoms with E-state index in [4.69, 9.17) is 16.3 Å². The lowest BCUT2D eigenvalue weighted by Gasteiger charge is -2.40. The molecule has 0 saturated carbocycles. The first-order chi connectivity index (χ1) is 14.3. The molecule has 0 radical (unpaired) electrons. The highest BCUT2D eigenvalue weighted by Crippen LogP contribution is 2.27. The summed E-state index contributed by atoms with van der Waals surface area (Å²) < 4.78 is 4.75. The van der Waals surface area contributed by atoms with Gasteiger partial charge >= 0.3 is 5.97 Å². The van der Waals surface area contributed by atoms with Crippen molar-refractivity contribution in [3.05, 3.63) is 58.1 Å². The lowest BCUT2D eigenvalue weighted by molar-refractivity contribution is -0.117. The quantitative estimate of drug-likeness (QED) is 0.730. The Balaban J connectivity index is 1.58.